The van der Waals surface area contributed by atoms with Gasteiger partial charge < -0.3 is 15.0 Å². The van der Waals surface area contributed by atoms with Gasteiger partial charge in [0.2, 0.25) is 11.8 Å². The maximum absolute atomic E-state index is 13.1. The lowest BCUT2D eigenvalue weighted by molar-refractivity contribution is 0.0941. The third kappa shape index (κ3) is 4.59. The number of ether oxygens (including phenoxy) is 1. The third-order valence-corrected chi connectivity index (χ3v) is 5.83. The van der Waals surface area contributed by atoms with Crippen LogP contribution < -0.4 is 15.0 Å². The molecular weight excluding hydrogens is 426 g/mol. The first-order valence-electron chi connectivity index (χ1n) is 11.3. The summed E-state index contributed by atoms with van der Waals surface area (Å²) in [5.74, 6) is 0.458. The van der Waals surface area contributed by atoms with Crippen molar-refractivity contribution in [2.24, 2.45) is 0 Å². The Morgan fingerprint density at radius 2 is 1.82 bits per heavy atom. The Morgan fingerprint density at radius 3 is 2.65 bits per heavy atom. The lowest BCUT2D eigenvalue weighted by Crippen LogP contribution is -2.25. The van der Waals surface area contributed by atoms with E-state index in [4.69, 9.17) is 9.72 Å². The molecule has 7 heteroatoms. The Hall–Kier alpha value is -4.26. The number of benzene rings is 2. The molecule has 1 atom stereocenters. The molecule has 1 aliphatic rings. The number of anilines is 2. The highest BCUT2D eigenvalue weighted by molar-refractivity contribution is 5.96. The van der Waals surface area contributed by atoms with Gasteiger partial charge in [-0.3, -0.25) is 9.78 Å². The largest absolute Gasteiger partial charge is 0.469 e. The Balaban J connectivity index is 1.44. The fourth-order valence-electron chi connectivity index (χ4n) is 4.01. The topological polar surface area (TPSA) is 80.2 Å². The molecule has 0 saturated carbocycles. The standard InChI is InChI=1S/C27H25N5O2/c1-19(20-9-3-2-4-10-20)34-26-23(25(33)29-17-22-12-7-8-15-28-22)18-30-27(31-26)32-16-14-21-11-5-6-13-24(21)32/h2-13,15,18-19H,14,16-17H2,1H3,(H,29,33)/t19-/m0/s1. The molecule has 0 bridgehead atoms. The lowest BCUT2D eigenvalue weighted by atomic mass is 10.1. The zero-order valence-electron chi connectivity index (χ0n) is 18.9. The highest BCUT2D eigenvalue weighted by Crippen LogP contribution is 2.34. The number of fused-ring (bicyclic) bond motifs is 1. The van der Waals surface area contributed by atoms with Gasteiger partial charge in [0.25, 0.3) is 5.91 Å². The van der Waals surface area contributed by atoms with Gasteiger partial charge >= 0.3 is 0 Å². The van der Waals surface area contributed by atoms with Gasteiger partial charge in [0.05, 0.1) is 12.2 Å². The van der Waals surface area contributed by atoms with E-state index in [-0.39, 0.29) is 23.5 Å². The zero-order chi connectivity index (χ0) is 23.3. The molecule has 2 aromatic heterocycles. The lowest BCUT2D eigenvalue weighted by Gasteiger charge is -2.21. The second kappa shape index (κ2) is 9.70. The minimum atomic E-state index is -0.311. The van der Waals surface area contributed by atoms with E-state index in [2.05, 4.69) is 32.3 Å². The number of aromatic nitrogens is 3. The highest BCUT2D eigenvalue weighted by atomic mass is 16.5. The summed E-state index contributed by atoms with van der Waals surface area (Å²) in [5, 5.41) is 2.90. The fraction of sp³-hybridized carbons (Fsp3) is 0.185. The summed E-state index contributed by atoms with van der Waals surface area (Å²) >= 11 is 0. The molecule has 0 unspecified atom stereocenters. The molecule has 5 rings (SSSR count). The number of para-hydroxylation sites is 1. The summed E-state index contributed by atoms with van der Waals surface area (Å²) in [7, 11) is 0. The predicted octanol–water partition coefficient (Wildman–Crippen LogP) is 4.64. The van der Waals surface area contributed by atoms with E-state index in [0.29, 0.717) is 12.5 Å². The van der Waals surface area contributed by atoms with Crippen LogP contribution in [0.15, 0.2) is 85.2 Å². The van der Waals surface area contributed by atoms with Crippen molar-refractivity contribution in [1.29, 1.82) is 0 Å². The SMILES string of the molecule is C[C@H](Oc1nc(N2CCc3ccccc32)ncc1C(=O)NCc1ccccn1)c1ccccc1. The van der Waals surface area contributed by atoms with Crippen LogP contribution in [0.5, 0.6) is 5.88 Å². The molecule has 1 amide bonds. The van der Waals surface area contributed by atoms with Gasteiger partial charge in [0, 0.05) is 24.6 Å². The first-order chi connectivity index (χ1) is 16.7. The van der Waals surface area contributed by atoms with Gasteiger partial charge in [-0.25, -0.2) is 4.98 Å². The number of carbonyl (C=O) groups excluding carboxylic acids is 1. The average molecular weight is 452 g/mol. The number of amides is 1. The summed E-state index contributed by atoms with van der Waals surface area (Å²) in [4.78, 5) is 28.6. The molecule has 34 heavy (non-hydrogen) atoms. The van der Waals surface area contributed by atoms with E-state index in [1.54, 1.807) is 12.4 Å². The number of nitrogens with one attached hydrogen (secondary N) is 1. The van der Waals surface area contributed by atoms with Crippen LogP contribution in [0.25, 0.3) is 0 Å². The fourth-order valence-corrected chi connectivity index (χ4v) is 4.01. The molecule has 7 nitrogen and oxygen atoms in total. The van der Waals surface area contributed by atoms with Crippen molar-refractivity contribution in [3.63, 3.8) is 0 Å². The molecule has 0 saturated heterocycles. The highest BCUT2D eigenvalue weighted by Gasteiger charge is 2.25. The van der Waals surface area contributed by atoms with Gasteiger partial charge in [-0.15, -0.1) is 0 Å². The smallest absolute Gasteiger partial charge is 0.258 e. The van der Waals surface area contributed by atoms with E-state index in [0.717, 1.165) is 29.9 Å². The molecule has 170 valence electrons. The van der Waals surface area contributed by atoms with E-state index in [1.165, 1.54) is 5.56 Å². The maximum atomic E-state index is 13.1. The number of hydrogen-bond acceptors (Lipinski definition) is 6. The van der Waals surface area contributed by atoms with Crippen LogP contribution >= 0.6 is 0 Å². The molecule has 0 spiro atoms. The minimum absolute atomic E-state index is 0.254. The number of pyridine rings is 1. The maximum Gasteiger partial charge on any atom is 0.258 e. The van der Waals surface area contributed by atoms with Crippen LogP contribution in [0.2, 0.25) is 0 Å². The van der Waals surface area contributed by atoms with Gasteiger partial charge in [0.15, 0.2) is 0 Å². The van der Waals surface area contributed by atoms with E-state index < -0.39 is 0 Å². The van der Waals surface area contributed by atoms with Gasteiger partial charge in [-0.1, -0.05) is 54.6 Å². The normalized spacial score (nSPS) is 13.3. The summed E-state index contributed by atoms with van der Waals surface area (Å²) in [6, 6.07) is 23.7. The quantitative estimate of drug-likeness (QED) is 0.441. The molecular formula is C27H25N5O2. The molecule has 3 heterocycles. The van der Waals surface area contributed by atoms with Crippen LogP contribution in [-0.2, 0) is 13.0 Å². The summed E-state index contributed by atoms with van der Waals surface area (Å²) in [6.45, 7) is 3.02. The van der Waals surface area contributed by atoms with E-state index >= 15 is 0 Å². The van der Waals surface area contributed by atoms with Gasteiger partial charge in [0.1, 0.15) is 11.7 Å². The monoisotopic (exact) mass is 451 g/mol. The van der Waals surface area contributed by atoms with E-state index in [1.807, 2.05) is 67.6 Å². The van der Waals surface area contributed by atoms with Crippen LogP contribution in [0.1, 0.15) is 40.2 Å². The van der Waals surface area contributed by atoms with Crippen LogP contribution in [0.3, 0.4) is 0 Å². The van der Waals surface area contributed by atoms with Gasteiger partial charge in [-0.05, 0) is 42.7 Å². The Labute approximate surface area is 198 Å². The van der Waals surface area contributed by atoms with Crippen LogP contribution in [0, 0.1) is 0 Å². The summed E-state index contributed by atoms with van der Waals surface area (Å²) in [6.07, 6.45) is 3.87. The molecule has 4 aromatic rings. The van der Waals surface area contributed by atoms with Crippen LogP contribution in [-0.4, -0.2) is 27.4 Å². The van der Waals surface area contributed by atoms with Crippen molar-refractivity contribution in [2.45, 2.75) is 26.0 Å². The second-order valence-corrected chi connectivity index (χ2v) is 8.09. The van der Waals surface area contributed by atoms with Gasteiger partial charge in [-0.2, -0.15) is 4.98 Å². The Kier molecular flexibility index (Phi) is 6.16. The van der Waals surface area contributed by atoms with Crippen molar-refractivity contribution in [2.75, 3.05) is 11.4 Å². The first-order valence-corrected chi connectivity index (χ1v) is 11.3. The van der Waals surface area contributed by atoms with Crippen LogP contribution in [0.4, 0.5) is 11.6 Å². The summed E-state index contributed by atoms with van der Waals surface area (Å²) < 4.78 is 6.24. The van der Waals surface area contributed by atoms with Crippen molar-refractivity contribution < 1.29 is 9.53 Å². The molecule has 2 aromatic carbocycles. The van der Waals surface area contributed by atoms with E-state index in [9.17, 15) is 4.79 Å². The number of carbonyl (C=O) groups is 1. The van der Waals surface area contributed by atoms with Crippen molar-refractivity contribution in [3.8, 4) is 5.88 Å². The Morgan fingerprint density at radius 1 is 1.03 bits per heavy atom. The molecule has 1 N–H and O–H groups in total. The molecule has 0 fully saturated rings. The number of rotatable bonds is 7. The van der Waals surface area contributed by atoms with Crippen molar-refractivity contribution in [3.05, 3.63) is 108 Å². The van der Waals surface area contributed by atoms with Crippen molar-refractivity contribution in [1.82, 2.24) is 20.3 Å². The van der Waals surface area contributed by atoms with Crippen molar-refractivity contribution >= 4 is 17.5 Å². The summed E-state index contributed by atoms with van der Waals surface area (Å²) in [5.41, 5.74) is 4.38. The number of nitrogens with zero attached hydrogens (tertiary/aromatic N) is 4. The zero-order valence-corrected chi connectivity index (χ0v) is 18.9. The molecule has 0 aliphatic carbocycles. The average Bonchev–Trinajstić information content (AvgIpc) is 3.32. The molecule has 0 radical (unpaired) electrons. The third-order valence-electron chi connectivity index (χ3n) is 5.83. The minimum Gasteiger partial charge on any atom is -0.469 e. The Bertz CT molecular complexity index is 1280. The number of hydrogen-bond donors (Lipinski definition) is 1. The predicted molar refractivity (Wildman–Crippen MR) is 130 cm³/mol. The first kappa shape index (κ1) is 21.6. The molecule has 1 aliphatic heterocycles. The second-order valence-electron chi connectivity index (χ2n) is 8.09.